The molecule has 0 bridgehead atoms. The summed E-state index contributed by atoms with van der Waals surface area (Å²) in [7, 11) is 0. The molecule has 1 aromatic rings. The van der Waals surface area contributed by atoms with Crippen LogP contribution in [0.15, 0.2) is 24.3 Å². The predicted octanol–water partition coefficient (Wildman–Crippen LogP) is 1.57. The summed E-state index contributed by atoms with van der Waals surface area (Å²) in [5.74, 6) is 0.675. The molecule has 0 radical (unpaired) electrons. The molecule has 0 aliphatic rings. The number of hydrogen-bond donors (Lipinski definition) is 2. The molecule has 1 atom stereocenters. The molecular formula is C12H17ClN2O2. The Morgan fingerprint density at radius 2 is 2.12 bits per heavy atom. The summed E-state index contributed by atoms with van der Waals surface area (Å²) in [6.45, 7) is 2.71. The molecule has 0 fully saturated rings. The second kappa shape index (κ2) is 7.14. The van der Waals surface area contributed by atoms with Gasteiger partial charge in [0.05, 0.1) is 6.54 Å². The number of nitrogens with one attached hydrogen (secondary N) is 1. The maximum atomic E-state index is 11.2. The summed E-state index contributed by atoms with van der Waals surface area (Å²) < 4.78 is 5.59. The highest BCUT2D eigenvalue weighted by Gasteiger charge is 2.06. The van der Waals surface area contributed by atoms with Crippen molar-refractivity contribution >= 4 is 17.5 Å². The Labute approximate surface area is 106 Å². The lowest BCUT2D eigenvalue weighted by Gasteiger charge is -2.15. The monoisotopic (exact) mass is 256 g/mol. The van der Waals surface area contributed by atoms with Crippen molar-refractivity contribution < 1.29 is 9.53 Å². The van der Waals surface area contributed by atoms with Crippen molar-refractivity contribution in [1.82, 2.24) is 5.32 Å². The number of benzene rings is 1. The molecule has 0 spiro atoms. The highest BCUT2D eigenvalue weighted by Crippen LogP contribution is 2.16. The first-order valence-corrected chi connectivity index (χ1v) is 5.88. The molecule has 1 amide bonds. The van der Waals surface area contributed by atoms with Crippen LogP contribution in [0, 0.1) is 0 Å². The summed E-state index contributed by atoms with van der Waals surface area (Å²) >= 11 is 5.76. The van der Waals surface area contributed by atoms with Gasteiger partial charge >= 0.3 is 0 Å². The number of rotatable bonds is 6. The zero-order valence-corrected chi connectivity index (χ0v) is 10.5. The maximum absolute atomic E-state index is 11.2. The minimum Gasteiger partial charge on any atom is -0.489 e. The molecule has 3 N–H and O–H groups in total. The van der Waals surface area contributed by atoms with Crippen molar-refractivity contribution in [2.75, 3.05) is 13.1 Å². The van der Waals surface area contributed by atoms with E-state index >= 15 is 0 Å². The van der Waals surface area contributed by atoms with Crippen LogP contribution in [0.3, 0.4) is 0 Å². The topological polar surface area (TPSA) is 64.4 Å². The minimum absolute atomic E-state index is 0.0564. The van der Waals surface area contributed by atoms with Gasteiger partial charge in [-0.05, 0) is 31.2 Å². The van der Waals surface area contributed by atoms with E-state index in [-0.39, 0.29) is 12.0 Å². The van der Waals surface area contributed by atoms with Gasteiger partial charge in [-0.15, -0.1) is 0 Å². The van der Waals surface area contributed by atoms with Crippen LogP contribution in [-0.4, -0.2) is 25.1 Å². The number of ether oxygens (including phenoxy) is 1. The summed E-state index contributed by atoms with van der Waals surface area (Å²) in [5, 5.41) is 3.41. The Bertz CT molecular complexity index is 354. The summed E-state index contributed by atoms with van der Waals surface area (Å²) in [6, 6.07) is 7.11. The average molecular weight is 257 g/mol. The Hall–Kier alpha value is -1.26. The van der Waals surface area contributed by atoms with E-state index in [4.69, 9.17) is 22.1 Å². The highest BCUT2D eigenvalue weighted by atomic mass is 35.5. The van der Waals surface area contributed by atoms with E-state index in [1.807, 2.05) is 6.92 Å². The Kier molecular flexibility index (Phi) is 5.80. The second-order valence-electron chi connectivity index (χ2n) is 3.73. The molecule has 0 saturated carbocycles. The van der Waals surface area contributed by atoms with Gasteiger partial charge in [-0.2, -0.15) is 0 Å². The molecule has 0 aromatic heterocycles. The molecule has 1 rings (SSSR count). The first-order valence-electron chi connectivity index (χ1n) is 5.51. The third-order valence-electron chi connectivity index (χ3n) is 2.11. The molecule has 94 valence electrons. The highest BCUT2D eigenvalue weighted by molar-refractivity contribution is 6.30. The van der Waals surface area contributed by atoms with E-state index < -0.39 is 0 Å². The molecule has 5 heteroatoms. The molecule has 0 saturated heterocycles. The van der Waals surface area contributed by atoms with Gasteiger partial charge in [0.2, 0.25) is 5.91 Å². The van der Waals surface area contributed by atoms with E-state index in [9.17, 15) is 4.79 Å². The van der Waals surface area contributed by atoms with Gasteiger partial charge < -0.3 is 15.8 Å². The summed E-state index contributed by atoms with van der Waals surface area (Å²) in [6.07, 6.45) is 0.242. The number of carbonyl (C=O) groups excluding carboxylic acids is 1. The standard InChI is InChI=1S/C12H17ClN2O2/c1-9(8-15-12(16)6-7-14)17-11-4-2-10(13)3-5-11/h2-5,9H,6-8,14H2,1H3,(H,15,16). The quantitative estimate of drug-likeness (QED) is 0.812. The minimum atomic E-state index is -0.0992. The number of carbonyl (C=O) groups is 1. The third-order valence-corrected chi connectivity index (χ3v) is 2.36. The van der Waals surface area contributed by atoms with Gasteiger partial charge in [-0.25, -0.2) is 0 Å². The normalized spacial score (nSPS) is 11.9. The third kappa shape index (κ3) is 5.56. The number of nitrogens with two attached hydrogens (primary N) is 1. The Balaban J connectivity index is 2.31. The van der Waals surface area contributed by atoms with Gasteiger partial charge in [0, 0.05) is 18.0 Å². The molecule has 1 aromatic carbocycles. The maximum Gasteiger partial charge on any atom is 0.221 e. The van der Waals surface area contributed by atoms with Gasteiger partial charge in [-0.1, -0.05) is 11.6 Å². The van der Waals surface area contributed by atoms with Crippen LogP contribution in [0.2, 0.25) is 5.02 Å². The van der Waals surface area contributed by atoms with Crippen LogP contribution >= 0.6 is 11.6 Å². The lowest BCUT2D eigenvalue weighted by molar-refractivity contribution is -0.121. The molecule has 4 nitrogen and oxygen atoms in total. The van der Waals surface area contributed by atoms with Crippen LogP contribution in [-0.2, 0) is 4.79 Å². The van der Waals surface area contributed by atoms with E-state index in [0.717, 1.165) is 5.75 Å². The zero-order chi connectivity index (χ0) is 12.7. The van der Waals surface area contributed by atoms with E-state index in [1.54, 1.807) is 24.3 Å². The molecule has 0 aliphatic heterocycles. The fraction of sp³-hybridized carbons (Fsp3) is 0.417. The average Bonchev–Trinajstić information content (AvgIpc) is 2.30. The van der Waals surface area contributed by atoms with Gasteiger partial charge in [0.1, 0.15) is 11.9 Å². The van der Waals surface area contributed by atoms with Crippen LogP contribution in [0.4, 0.5) is 0 Å². The van der Waals surface area contributed by atoms with Crippen LogP contribution in [0.1, 0.15) is 13.3 Å². The van der Waals surface area contributed by atoms with Crippen molar-refractivity contribution in [2.24, 2.45) is 5.73 Å². The van der Waals surface area contributed by atoms with Gasteiger partial charge in [-0.3, -0.25) is 4.79 Å². The van der Waals surface area contributed by atoms with Crippen LogP contribution < -0.4 is 15.8 Å². The lowest BCUT2D eigenvalue weighted by atomic mass is 10.3. The Morgan fingerprint density at radius 3 is 2.71 bits per heavy atom. The van der Waals surface area contributed by atoms with Crippen LogP contribution in [0.5, 0.6) is 5.75 Å². The molecule has 0 heterocycles. The van der Waals surface area contributed by atoms with E-state index in [2.05, 4.69) is 5.32 Å². The number of amides is 1. The van der Waals surface area contributed by atoms with Gasteiger partial charge in [0.15, 0.2) is 0 Å². The SMILES string of the molecule is CC(CNC(=O)CCN)Oc1ccc(Cl)cc1. The molecule has 0 aliphatic carbocycles. The fourth-order valence-electron chi connectivity index (χ4n) is 1.26. The number of halogens is 1. The summed E-state index contributed by atoms with van der Waals surface area (Å²) in [4.78, 5) is 11.2. The van der Waals surface area contributed by atoms with Crippen molar-refractivity contribution in [3.63, 3.8) is 0 Å². The second-order valence-corrected chi connectivity index (χ2v) is 4.16. The Morgan fingerprint density at radius 1 is 1.47 bits per heavy atom. The molecule has 1 unspecified atom stereocenters. The first-order chi connectivity index (χ1) is 8.11. The van der Waals surface area contributed by atoms with E-state index in [1.165, 1.54) is 0 Å². The van der Waals surface area contributed by atoms with Crippen molar-refractivity contribution in [2.45, 2.75) is 19.4 Å². The van der Waals surface area contributed by atoms with Crippen LogP contribution in [0.25, 0.3) is 0 Å². The van der Waals surface area contributed by atoms with E-state index in [0.29, 0.717) is 24.5 Å². The van der Waals surface area contributed by atoms with Crippen molar-refractivity contribution in [3.05, 3.63) is 29.3 Å². The molecular weight excluding hydrogens is 240 g/mol. The molecule has 17 heavy (non-hydrogen) atoms. The number of hydrogen-bond acceptors (Lipinski definition) is 3. The summed E-state index contributed by atoms with van der Waals surface area (Å²) in [5.41, 5.74) is 5.27. The van der Waals surface area contributed by atoms with Gasteiger partial charge in [0.25, 0.3) is 0 Å². The fourth-order valence-corrected chi connectivity index (χ4v) is 1.39. The predicted molar refractivity (Wildman–Crippen MR) is 68.2 cm³/mol. The largest absolute Gasteiger partial charge is 0.489 e. The van der Waals surface area contributed by atoms with Crippen molar-refractivity contribution in [3.8, 4) is 5.75 Å². The first kappa shape index (κ1) is 13.8. The lowest BCUT2D eigenvalue weighted by Crippen LogP contribution is -2.34. The van der Waals surface area contributed by atoms with Crippen molar-refractivity contribution in [1.29, 1.82) is 0 Å². The zero-order valence-electron chi connectivity index (χ0n) is 9.78. The smallest absolute Gasteiger partial charge is 0.221 e.